The molecule has 0 aliphatic heterocycles. The van der Waals surface area contributed by atoms with Crippen molar-refractivity contribution in [3.63, 3.8) is 0 Å². The number of anilines is 1. The zero-order valence-electron chi connectivity index (χ0n) is 19.1. The Morgan fingerprint density at radius 2 is 1.58 bits per heavy atom. The SMILES string of the molecule is Cc1ccc(C(NC(=O)CCCN(c2cccc(Cl)c2C)S(C)(=O)=O)c2ccccc2)cc1. The molecule has 0 aliphatic rings. The van der Waals surface area contributed by atoms with E-state index in [9.17, 15) is 13.2 Å². The van der Waals surface area contributed by atoms with Gasteiger partial charge in [-0.2, -0.15) is 0 Å². The van der Waals surface area contributed by atoms with Crippen LogP contribution in [0.4, 0.5) is 5.69 Å². The van der Waals surface area contributed by atoms with Crippen molar-refractivity contribution in [1.82, 2.24) is 5.32 Å². The highest BCUT2D eigenvalue weighted by atomic mass is 35.5. The van der Waals surface area contributed by atoms with Gasteiger partial charge in [0.15, 0.2) is 0 Å². The summed E-state index contributed by atoms with van der Waals surface area (Å²) in [4.78, 5) is 12.9. The molecule has 33 heavy (non-hydrogen) atoms. The minimum atomic E-state index is -3.53. The predicted molar refractivity (Wildman–Crippen MR) is 135 cm³/mol. The average molecular weight is 485 g/mol. The molecule has 1 amide bonds. The molecule has 0 heterocycles. The van der Waals surface area contributed by atoms with Gasteiger partial charge in [-0.05, 0) is 49.1 Å². The van der Waals surface area contributed by atoms with Gasteiger partial charge >= 0.3 is 0 Å². The van der Waals surface area contributed by atoms with E-state index in [-0.39, 0.29) is 24.9 Å². The minimum absolute atomic E-state index is 0.138. The summed E-state index contributed by atoms with van der Waals surface area (Å²) in [6, 6.07) is 22.8. The van der Waals surface area contributed by atoms with Crippen molar-refractivity contribution in [2.45, 2.75) is 32.7 Å². The fourth-order valence-electron chi connectivity index (χ4n) is 3.71. The molecule has 1 unspecified atom stereocenters. The Labute approximate surface area is 201 Å². The van der Waals surface area contributed by atoms with Crippen molar-refractivity contribution in [2.75, 3.05) is 17.1 Å². The van der Waals surface area contributed by atoms with Gasteiger partial charge in [-0.25, -0.2) is 8.42 Å². The zero-order valence-corrected chi connectivity index (χ0v) is 20.7. The second-order valence-corrected chi connectivity index (χ2v) is 10.5. The molecule has 0 radical (unpaired) electrons. The van der Waals surface area contributed by atoms with Crippen molar-refractivity contribution in [1.29, 1.82) is 0 Å². The van der Waals surface area contributed by atoms with Crippen LogP contribution in [0, 0.1) is 13.8 Å². The van der Waals surface area contributed by atoms with Crippen LogP contribution >= 0.6 is 11.6 Å². The molecular formula is C26H29ClN2O3S. The van der Waals surface area contributed by atoms with Gasteiger partial charge < -0.3 is 5.32 Å². The lowest BCUT2D eigenvalue weighted by molar-refractivity contribution is -0.121. The Morgan fingerprint density at radius 1 is 0.939 bits per heavy atom. The molecule has 174 valence electrons. The van der Waals surface area contributed by atoms with Gasteiger partial charge in [0.2, 0.25) is 15.9 Å². The summed E-state index contributed by atoms with van der Waals surface area (Å²) < 4.78 is 26.2. The summed E-state index contributed by atoms with van der Waals surface area (Å²) >= 11 is 6.19. The van der Waals surface area contributed by atoms with Gasteiger partial charge in [-0.1, -0.05) is 77.8 Å². The number of carbonyl (C=O) groups excluding carboxylic acids is 1. The van der Waals surface area contributed by atoms with Gasteiger partial charge in [0.25, 0.3) is 0 Å². The van der Waals surface area contributed by atoms with Gasteiger partial charge in [-0.15, -0.1) is 0 Å². The number of amides is 1. The lowest BCUT2D eigenvalue weighted by Crippen LogP contribution is -2.33. The first kappa shape index (κ1) is 24.8. The van der Waals surface area contributed by atoms with E-state index >= 15 is 0 Å². The Hall–Kier alpha value is -2.83. The van der Waals surface area contributed by atoms with E-state index in [1.807, 2.05) is 61.5 Å². The highest BCUT2D eigenvalue weighted by molar-refractivity contribution is 7.92. The van der Waals surface area contributed by atoms with Gasteiger partial charge in [0, 0.05) is 18.0 Å². The highest BCUT2D eigenvalue weighted by Crippen LogP contribution is 2.28. The quantitative estimate of drug-likeness (QED) is 0.441. The molecule has 3 rings (SSSR count). The van der Waals surface area contributed by atoms with Crippen LogP contribution in [0.2, 0.25) is 5.02 Å². The maximum atomic E-state index is 12.9. The monoisotopic (exact) mass is 484 g/mol. The summed E-state index contributed by atoms with van der Waals surface area (Å²) in [5, 5.41) is 3.62. The standard InChI is InChI=1S/C26H29ClN2O3S/c1-19-14-16-22(17-15-19)26(21-9-5-4-6-10-21)28-25(30)13-8-18-29(33(3,31)32)24-12-7-11-23(27)20(24)2/h4-7,9-12,14-17,26H,8,13,18H2,1-3H3,(H,28,30). The average Bonchev–Trinajstić information content (AvgIpc) is 2.78. The van der Waals surface area contributed by atoms with Gasteiger partial charge in [0.1, 0.15) is 0 Å². The smallest absolute Gasteiger partial charge is 0.232 e. The van der Waals surface area contributed by atoms with Crippen molar-refractivity contribution in [3.05, 3.63) is 100 Å². The third kappa shape index (κ3) is 6.59. The van der Waals surface area contributed by atoms with E-state index in [1.165, 1.54) is 4.31 Å². The summed E-state index contributed by atoms with van der Waals surface area (Å²) in [7, 11) is -3.53. The maximum Gasteiger partial charge on any atom is 0.232 e. The lowest BCUT2D eigenvalue weighted by atomic mass is 9.97. The Kier molecular flexibility index (Phi) is 8.16. The molecular weight excluding hydrogens is 456 g/mol. The summed E-state index contributed by atoms with van der Waals surface area (Å²) in [5.41, 5.74) is 4.35. The molecule has 0 aromatic heterocycles. The van der Waals surface area contributed by atoms with E-state index in [1.54, 1.807) is 25.1 Å². The number of nitrogens with zero attached hydrogens (tertiary/aromatic N) is 1. The molecule has 0 spiro atoms. The van der Waals surface area contributed by atoms with Crippen molar-refractivity contribution >= 4 is 33.2 Å². The Bertz CT molecular complexity index is 1200. The van der Waals surface area contributed by atoms with Crippen LogP contribution < -0.4 is 9.62 Å². The Balaban J connectivity index is 1.71. The molecule has 0 bridgehead atoms. The fraction of sp³-hybridized carbons (Fsp3) is 0.269. The molecule has 0 saturated heterocycles. The minimum Gasteiger partial charge on any atom is -0.345 e. The number of rotatable bonds is 9. The number of halogens is 1. The fourth-order valence-corrected chi connectivity index (χ4v) is 4.90. The molecule has 3 aromatic carbocycles. The summed E-state index contributed by atoms with van der Waals surface area (Å²) in [5.74, 6) is -0.138. The topological polar surface area (TPSA) is 66.5 Å². The van der Waals surface area contributed by atoms with Crippen LogP contribution in [-0.2, 0) is 14.8 Å². The molecule has 7 heteroatoms. The highest BCUT2D eigenvalue weighted by Gasteiger charge is 2.21. The summed E-state index contributed by atoms with van der Waals surface area (Å²) in [6.45, 7) is 4.00. The largest absolute Gasteiger partial charge is 0.345 e. The summed E-state index contributed by atoms with van der Waals surface area (Å²) in [6.07, 6.45) is 1.73. The van der Waals surface area contributed by atoms with Crippen LogP contribution in [0.3, 0.4) is 0 Å². The van der Waals surface area contributed by atoms with Crippen molar-refractivity contribution < 1.29 is 13.2 Å². The first-order valence-electron chi connectivity index (χ1n) is 10.8. The number of aryl methyl sites for hydroxylation is 1. The predicted octanol–water partition coefficient (Wildman–Crippen LogP) is 5.41. The number of hydrogen-bond acceptors (Lipinski definition) is 3. The van der Waals surface area contributed by atoms with Crippen molar-refractivity contribution in [2.24, 2.45) is 0 Å². The zero-order chi connectivity index (χ0) is 24.0. The normalized spacial score (nSPS) is 12.2. The molecule has 3 aromatic rings. The van der Waals surface area contributed by atoms with Crippen LogP contribution in [0.25, 0.3) is 0 Å². The third-order valence-corrected chi connectivity index (χ3v) is 7.11. The first-order valence-corrected chi connectivity index (χ1v) is 13.0. The maximum absolute atomic E-state index is 12.9. The van der Waals surface area contributed by atoms with Gasteiger partial charge in [-0.3, -0.25) is 9.10 Å². The molecule has 0 saturated carbocycles. The van der Waals surface area contributed by atoms with Crippen LogP contribution in [0.15, 0.2) is 72.8 Å². The number of hydrogen-bond donors (Lipinski definition) is 1. The van der Waals surface area contributed by atoms with Gasteiger partial charge in [0.05, 0.1) is 18.0 Å². The number of carbonyl (C=O) groups is 1. The number of benzene rings is 3. The molecule has 0 aliphatic carbocycles. The third-order valence-electron chi connectivity index (χ3n) is 5.52. The Morgan fingerprint density at radius 3 is 2.21 bits per heavy atom. The first-order chi connectivity index (χ1) is 15.7. The van der Waals surface area contributed by atoms with E-state index in [4.69, 9.17) is 11.6 Å². The molecule has 1 N–H and O–H groups in total. The molecule has 0 fully saturated rings. The van der Waals surface area contributed by atoms with E-state index in [0.29, 0.717) is 22.7 Å². The number of nitrogens with one attached hydrogen (secondary N) is 1. The van der Waals surface area contributed by atoms with E-state index < -0.39 is 10.0 Å². The second-order valence-electron chi connectivity index (χ2n) is 8.14. The van der Waals surface area contributed by atoms with Crippen LogP contribution in [-0.4, -0.2) is 27.1 Å². The molecule has 1 atom stereocenters. The van der Waals surface area contributed by atoms with Crippen LogP contribution in [0.1, 0.15) is 41.1 Å². The van der Waals surface area contributed by atoms with Crippen molar-refractivity contribution in [3.8, 4) is 0 Å². The van der Waals surface area contributed by atoms with E-state index in [0.717, 1.165) is 22.9 Å². The molecule has 5 nitrogen and oxygen atoms in total. The number of sulfonamides is 1. The van der Waals surface area contributed by atoms with Crippen LogP contribution in [0.5, 0.6) is 0 Å². The van der Waals surface area contributed by atoms with E-state index in [2.05, 4.69) is 5.32 Å². The second kappa shape index (κ2) is 10.9. The lowest BCUT2D eigenvalue weighted by Gasteiger charge is -2.25.